The van der Waals surface area contributed by atoms with Gasteiger partial charge in [0.25, 0.3) is 0 Å². The van der Waals surface area contributed by atoms with E-state index in [0.29, 0.717) is 12.2 Å². The molecule has 2 N–H and O–H groups in total. The summed E-state index contributed by atoms with van der Waals surface area (Å²) in [5, 5.41) is 12.1. The Labute approximate surface area is 118 Å². The molecule has 1 aromatic rings. The molecule has 0 aromatic heterocycles. The van der Waals surface area contributed by atoms with E-state index in [1.807, 2.05) is 0 Å². The van der Waals surface area contributed by atoms with Gasteiger partial charge in [0.05, 0.1) is 19.3 Å². The molecule has 0 saturated carbocycles. The summed E-state index contributed by atoms with van der Waals surface area (Å²) in [6.07, 6.45) is 0. The molecule has 1 aromatic carbocycles. The molecule has 108 valence electrons. The number of aliphatic hydroxyl groups excluding tert-OH is 1. The predicted octanol–water partition coefficient (Wildman–Crippen LogP) is 2.15. The molecule has 1 atom stereocenters. The highest BCUT2D eigenvalue weighted by atomic mass is 79.9. The Morgan fingerprint density at radius 1 is 1.42 bits per heavy atom. The maximum Gasteiger partial charge on any atom is 0.387 e. The fraction of sp³-hybridized carbons (Fsp3) is 0.500. The average molecular weight is 340 g/mol. The molecule has 0 heterocycles. The number of alkyl halides is 2. The van der Waals surface area contributed by atoms with Crippen molar-refractivity contribution < 1.29 is 23.4 Å². The number of hydrogen-bond acceptors (Lipinski definition) is 4. The van der Waals surface area contributed by atoms with E-state index in [9.17, 15) is 8.78 Å². The summed E-state index contributed by atoms with van der Waals surface area (Å²) in [6.45, 7) is -2.36. The van der Waals surface area contributed by atoms with Gasteiger partial charge >= 0.3 is 6.61 Å². The largest absolute Gasteiger partial charge is 0.434 e. The van der Waals surface area contributed by atoms with Crippen molar-refractivity contribution >= 4 is 15.9 Å². The van der Waals surface area contributed by atoms with Gasteiger partial charge in [0, 0.05) is 23.7 Å². The molecule has 0 aliphatic carbocycles. The minimum absolute atomic E-state index is 0.104. The van der Waals surface area contributed by atoms with E-state index in [1.165, 1.54) is 13.2 Å². The molecular weight excluding hydrogens is 324 g/mol. The van der Waals surface area contributed by atoms with Gasteiger partial charge in [-0.3, -0.25) is 0 Å². The van der Waals surface area contributed by atoms with Crippen LogP contribution in [0.5, 0.6) is 5.75 Å². The van der Waals surface area contributed by atoms with Crippen LogP contribution in [0.2, 0.25) is 0 Å². The molecule has 0 fully saturated rings. The first-order valence-electron chi connectivity index (χ1n) is 5.63. The van der Waals surface area contributed by atoms with Gasteiger partial charge in [0.15, 0.2) is 0 Å². The Balaban J connectivity index is 2.71. The summed E-state index contributed by atoms with van der Waals surface area (Å²) in [7, 11) is 1.52. The average Bonchev–Trinajstić information content (AvgIpc) is 2.36. The lowest BCUT2D eigenvalue weighted by molar-refractivity contribution is -0.0505. The summed E-state index contributed by atoms with van der Waals surface area (Å²) in [6, 6.07) is 4.52. The summed E-state index contributed by atoms with van der Waals surface area (Å²) in [5.74, 6) is 0.111. The fourth-order valence-corrected chi connectivity index (χ4v) is 1.94. The normalized spacial score (nSPS) is 12.7. The molecule has 7 heteroatoms. The summed E-state index contributed by atoms with van der Waals surface area (Å²) < 4.78 is 34.7. The molecule has 0 spiro atoms. The maximum absolute atomic E-state index is 12.3. The lowest BCUT2D eigenvalue weighted by Crippen LogP contribution is -2.36. The second kappa shape index (κ2) is 8.42. The number of ether oxygens (including phenoxy) is 2. The molecule has 0 radical (unpaired) electrons. The number of aliphatic hydroxyl groups is 1. The summed E-state index contributed by atoms with van der Waals surface area (Å²) >= 11 is 3.27. The zero-order valence-electron chi connectivity index (χ0n) is 10.4. The standard InChI is InChI=1S/C12H16BrF2NO3/c1-18-7-10(6-17)16-5-8-4-9(13)2-3-11(8)19-12(14)15/h2-4,10,12,16-17H,5-7H2,1H3. The molecule has 4 nitrogen and oxygen atoms in total. The quantitative estimate of drug-likeness (QED) is 0.762. The van der Waals surface area contributed by atoms with E-state index < -0.39 is 6.61 Å². The van der Waals surface area contributed by atoms with Gasteiger partial charge in [-0.05, 0) is 18.2 Å². The molecule has 0 bridgehead atoms. The van der Waals surface area contributed by atoms with Gasteiger partial charge in [-0.25, -0.2) is 0 Å². The highest BCUT2D eigenvalue weighted by Crippen LogP contribution is 2.24. The van der Waals surface area contributed by atoms with E-state index in [1.54, 1.807) is 12.1 Å². The monoisotopic (exact) mass is 339 g/mol. The molecular formula is C12H16BrF2NO3. The Kier molecular flexibility index (Phi) is 7.22. The zero-order chi connectivity index (χ0) is 14.3. The van der Waals surface area contributed by atoms with Crippen molar-refractivity contribution in [2.75, 3.05) is 20.3 Å². The van der Waals surface area contributed by atoms with E-state index >= 15 is 0 Å². The first-order chi connectivity index (χ1) is 9.06. The lowest BCUT2D eigenvalue weighted by atomic mass is 10.2. The second-order valence-electron chi connectivity index (χ2n) is 3.85. The number of halogens is 3. The van der Waals surface area contributed by atoms with Gasteiger partial charge in [-0.15, -0.1) is 0 Å². The van der Waals surface area contributed by atoms with Crippen LogP contribution in [0, 0.1) is 0 Å². The molecule has 1 unspecified atom stereocenters. The van der Waals surface area contributed by atoms with E-state index in [4.69, 9.17) is 9.84 Å². The van der Waals surface area contributed by atoms with Crippen molar-refractivity contribution in [2.24, 2.45) is 0 Å². The van der Waals surface area contributed by atoms with Crippen LogP contribution in [0.15, 0.2) is 22.7 Å². The van der Waals surface area contributed by atoms with Crippen molar-refractivity contribution in [1.82, 2.24) is 5.32 Å². The maximum atomic E-state index is 12.3. The van der Waals surface area contributed by atoms with Crippen LogP contribution in [0.25, 0.3) is 0 Å². The van der Waals surface area contributed by atoms with Gasteiger partial charge < -0.3 is 19.9 Å². The first-order valence-corrected chi connectivity index (χ1v) is 6.42. The zero-order valence-corrected chi connectivity index (χ0v) is 12.0. The van der Waals surface area contributed by atoms with Gasteiger partial charge in [0.1, 0.15) is 5.75 Å². The Bertz CT molecular complexity index is 393. The van der Waals surface area contributed by atoms with Crippen LogP contribution < -0.4 is 10.1 Å². The Morgan fingerprint density at radius 3 is 2.74 bits per heavy atom. The van der Waals surface area contributed by atoms with Crippen LogP contribution in [0.4, 0.5) is 8.78 Å². The topological polar surface area (TPSA) is 50.7 Å². The molecule has 0 aliphatic heterocycles. The predicted molar refractivity (Wildman–Crippen MR) is 70.4 cm³/mol. The number of benzene rings is 1. The van der Waals surface area contributed by atoms with Crippen LogP contribution in [-0.4, -0.2) is 38.1 Å². The minimum Gasteiger partial charge on any atom is -0.434 e. The van der Waals surface area contributed by atoms with Crippen molar-refractivity contribution in [1.29, 1.82) is 0 Å². The number of nitrogens with one attached hydrogen (secondary N) is 1. The van der Waals surface area contributed by atoms with E-state index in [-0.39, 0.29) is 24.9 Å². The third-order valence-corrected chi connectivity index (χ3v) is 2.90. The van der Waals surface area contributed by atoms with Crippen molar-refractivity contribution in [2.45, 2.75) is 19.2 Å². The first kappa shape index (κ1) is 16.3. The van der Waals surface area contributed by atoms with Crippen LogP contribution in [0.3, 0.4) is 0 Å². The number of rotatable bonds is 8. The van der Waals surface area contributed by atoms with Crippen molar-refractivity contribution in [3.63, 3.8) is 0 Å². The second-order valence-corrected chi connectivity index (χ2v) is 4.76. The van der Waals surface area contributed by atoms with Crippen LogP contribution >= 0.6 is 15.9 Å². The third kappa shape index (κ3) is 5.82. The van der Waals surface area contributed by atoms with Gasteiger partial charge in [0.2, 0.25) is 0 Å². The van der Waals surface area contributed by atoms with Crippen LogP contribution in [0.1, 0.15) is 5.56 Å². The highest BCUT2D eigenvalue weighted by molar-refractivity contribution is 9.10. The Morgan fingerprint density at radius 2 is 2.16 bits per heavy atom. The molecule has 0 saturated heterocycles. The van der Waals surface area contributed by atoms with Gasteiger partial charge in [-0.2, -0.15) is 8.78 Å². The number of methoxy groups -OCH3 is 1. The van der Waals surface area contributed by atoms with Crippen molar-refractivity contribution in [3.05, 3.63) is 28.2 Å². The highest BCUT2D eigenvalue weighted by Gasteiger charge is 2.12. The Hall–Kier alpha value is -0.760. The minimum atomic E-state index is -2.87. The summed E-state index contributed by atoms with van der Waals surface area (Å²) in [4.78, 5) is 0. The SMILES string of the molecule is COCC(CO)NCc1cc(Br)ccc1OC(F)F. The van der Waals surface area contributed by atoms with Gasteiger partial charge in [-0.1, -0.05) is 15.9 Å². The molecule has 0 aliphatic rings. The van der Waals surface area contributed by atoms with Crippen LogP contribution in [-0.2, 0) is 11.3 Å². The number of hydrogen-bond donors (Lipinski definition) is 2. The van der Waals surface area contributed by atoms with E-state index in [0.717, 1.165) is 4.47 Å². The molecule has 19 heavy (non-hydrogen) atoms. The smallest absolute Gasteiger partial charge is 0.387 e. The lowest BCUT2D eigenvalue weighted by Gasteiger charge is -2.17. The van der Waals surface area contributed by atoms with E-state index in [2.05, 4.69) is 26.0 Å². The molecule has 0 amide bonds. The fourth-order valence-electron chi connectivity index (χ4n) is 1.53. The third-order valence-electron chi connectivity index (χ3n) is 2.41. The van der Waals surface area contributed by atoms with Crippen molar-refractivity contribution in [3.8, 4) is 5.75 Å². The summed E-state index contributed by atoms with van der Waals surface area (Å²) in [5.41, 5.74) is 0.573. The molecule has 1 rings (SSSR count).